The van der Waals surface area contributed by atoms with Crippen LogP contribution in [0.3, 0.4) is 0 Å². The molecule has 1 atom stereocenters. The number of pyridine rings is 1. The number of anilines is 1. The molecule has 1 fully saturated rings. The Kier molecular flexibility index (Phi) is 6.15. The third-order valence-electron chi connectivity index (χ3n) is 5.75. The molecule has 168 valence electrons. The number of piperidine rings is 1. The summed E-state index contributed by atoms with van der Waals surface area (Å²) in [6.07, 6.45) is 2.68. The molecule has 1 saturated heterocycles. The van der Waals surface area contributed by atoms with Crippen molar-refractivity contribution in [3.63, 3.8) is 0 Å². The second-order valence-electron chi connectivity index (χ2n) is 7.99. The number of fused-ring (bicyclic) bond motifs is 1. The molecule has 8 heteroatoms. The molecule has 32 heavy (non-hydrogen) atoms. The van der Waals surface area contributed by atoms with Crippen LogP contribution in [0.4, 0.5) is 10.1 Å². The monoisotopic (exact) mass is 456 g/mol. The molecule has 6 nitrogen and oxygen atoms in total. The number of carbonyl (C=O) groups excluding carboxylic acids is 1. The minimum absolute atomic E-state index is 0.00367. The van der Waals surface area contributed by atoms with Crippen LogP contribution in [-0.2, 0) is 19.4 Å². The standard InChI is InChI=1S/C24H25FN2O4S/c1-3-31-24(28)17-5-4-12-27(15-17)23-20-13-18(25)8-11-21(20)26-14-22(23)32(29,30)19-9-6-16(2)7-10-19/h6-11,13-14,17H,3-5,12,15H2,1-2H3/t17-/m0/s1. The Hall–Kier alpha value is -3.00. The molecule has 1 aliphatic rings. The van der Waals surface area contributed by atoms with Gasteiger partial charge in [-0.2, -0.15) is 0 Å². The van der Waals surface area contributed by atoms with Gasteiger partial charge in [0.25, 0.3) is 0 Å². The molecule has 0 spiro atoms. The number of hydrogen-bond acceptors (Lipinski definition) is 6. The van der Waals surface area contributed by atoms with Crippen LogP contribution in [0.25, 0.3) is 10.9 Å². The van der Waals surface area contributed by atoms with Crippen molar-refractivity contribution in [2.24, 2.45) is 5.92 Å². The Labute approximate surface area is 186 Å². The predicted octanol–water partition coefficient (Wildman–Crippen LogP) is 4.29. The van der Waals surface area contributed by atoms with Crippen LogP contribution in [0.5, 0.6) is 0 Å². The van der Waals surface area contributed by atoms with Crippen molar-refractivity contribution in [1.29, 1.82) is 0 Å². The lowest BCUT2D eigenvalue weighted by Crippen LogP contribution is -2.40. The number of carbonyl (C=O) groups is 1. The molecular weight excluding hydrogens is 431 g/mol. The summed E-state index contributed by atoms with van der Waals surface area (Å²) >= 11 is 0. The molecule has 4 rings (SSSR count). The molecule has 0 bridgehead atoms. The van der Waals surface area contributed by atoms with E-state index < -0.39 is 15.7 Å². The Morgan fingerprint density at radius 3 is 2.69 bits per heavy atom. The van der Waals surface area contributed by atoms with Gasteiger partial charge in [-0.05, 0) is 57.0 Å². The van der Waals surface area contributed by atoms with Crippen molar-refractivity contribution < 1.29 is 22.3 Å². The van der Waals surface area contributed by atoms with Gasteiger partial charge in [0.2, 0.25) is 9.84 Å². The van der Waals surface area contributed by atoms with Crippen LogP contribution in [0.2, 0.25) is 0 Å². The van der Waals surface area contributed by atoms with Gasteiger partial charge in [0.05, 0.1) is 28.6 Å². The third kappa shape index (κ3) is 4.19. The summed E-state index contributed by atoms with van der Waals surface area (Å²) in [5.74, 6) is -1.16. The van der Waals surface area contributed by atoms with Crippen molar-refractivity contribution in [3.05, 3.63) is 60.0 Å². The van der Waals surface area contributed by atoms with E-state index in [4.69, 9.17) is 4.74 Å². The maximum Gasteiger partial charge on any atom is 0.310 e. The largest absolute Gasteiger partial charge is 0.466 e. The zero-order chi connectivity index (χ0) is 22.9. The van der Waals surface area contributed by atoms with E-state index in [9.17, 15) is 17.6 Å². The number of rotatable bonds is 5. The van der Waals surface area contributed by atoms with E-state index in [1.54, 1.807) is 31.2 Å². The number of aryl methyl sites for hydroxylation is 1. The van der Waals surface area contributed by atoms with Crippen molar-refractivity contribution in [3.8, 4) is 0 Å². The number of hydrogen-bond donors (Lipinski definition) is 0. The molecule has 0 N–H and O–H groups in total. The summed E-state index contributed by atoms with van der Waals surface area (Å²) in [5, 5.41) is 0.405. The molecule has 0 unspecified atom stereocenters. The molecule has 2 aromatic carbocycles. The van der Waals surface area contributed by atoms with Gasteiger partial charge >= 0.3 is 5.97 Å². The Morgan fingerprint density at radius 1 is 1.22 bits per heavy atom. The molecule has 3 aromatic rings. The Bertz CT molecular complexity index is 1260. The van der Waals surface area contributed by atoms with Crippen LogP contribution in [-0.4, -0.2) is 39.1 Å². The minimum Gasteiger partial charge on any atom is -0.466 e. The highest BCUT2D eigenvalue weighted by atomic mass is 32.2. The van der Waals surface area contributed by atoms with E-state index in [1.807, 2.05) is 11.8 Å². The fraction of sp³-hybridized carbons (Fsp3) is 0.333. The molecule has 1 aromatic heterocycles. The smallest absolute Gasteiger partial charge is 0.310 e. The van der Waals surface area contributed by atoms with E-state index in [0.29, 0.717) is 42.5 Å². The first-order valence-corrected chi connectivity index (χ1v) is 12.1. The minimum atomic E-state index is -3.93. The van der Waals surface area contributed by atoms with Gasteiger partial charge in [-0.3, -0.25) is 9.78 Å². The van der Waals surface area contributed by atoms with Crippen LogP contribution < -0.4 is 4.90 Å². The highest BCUT2D eigenvalue weighted by Crippen LogP contribution is 2.38. The van der Waals surface area contributed by atoms with E-state index in [0.717, 1.165) is 5.56 Å². The maximum absolute atomic E-state index is 14.2. The summed E-state index contributed by atoms with van der Waals surface area (Å²) in [6.45, 7) is 4.76. The molecule has 0 radical (unpaired) electrons. The SMILES string of the molecule is CCOC(=O)[C@H]1CCCN(c2c(S(=O)(=O)c3ccc(C)cc3)cnc3ccc(F)cc23)C1. The summed E-state index contributed by atoms with van der Waals surface area (Å²) in [4.78, 5) is 18.7. The number of esters is 1. The zero-order valence-corrected chi connectivity index (χ0v) is 18.9. The average molecular weight is 457 g/mol. The van der Waals surface area contributed by atoms with Gasteiger partial charge in [0, 0.05) is 24.7 Å². The topological polar surface area (TPSA) is 76.6 Å². The van der Waals surface area contributed by atoms with E-state index in [-0.39, 0.29) is 28.3 Å². The summed E-state index contributed by atoms with van der Waals surface area (Å²) in [5.41, 5.74) is 1.81. The van der Waals surface area contributed by atoms with E-state index >= 15 is 0 Å². The third-order valence-corrected chi connectivity index (χ3v) is 7.52. The fourth-order valence-corrected chi connectivity index (χ4v) is 5.57. The fourth-order valence-electron chi connectivity index (χ4n) is 4.13. The molecule has 2 heterocycles. The average Bonchev–Trinajstić information content (AvgIpc) is 2.78. The summed E-state index contributed by atoms with van der Waals surface area (Å²) in [6, 6.07) is 10.7. The normalized spacial score (nSPS) is 16.8. The van der Waals surface area contributed by atoms with Crippen molar-refractivity contribution in [1.82, 2.24) is 4.98 Å². The van der Waals surface area contributed by atoms with Gasteiger partial charge in [0.1, 0.15) is 10.7 Å². The second-order valence-corrected chi connectivity index (χ2v) is 9.90. The van der Waals surface area contributed by atoms with E-state index in [2.05, 4.69) is 4.98 Å². The van der Waals surface area contributed by atoms with Crippen molar-refractivity contribution in [2.75, 3.05) is 24.6 Å². The molecule has 0 saturated carbocycles. The van der Waals surface area contributed by atoms with Crippen LogP contribution in [0.15, 0.2) is 58.5 Å². The van der Waals surface area contributed by atoms with Gasteiger partial charge < -0.3 is 9.64 Å². The summed E-state index contributed by atoms with van der Waals surface area (Å²) in [7, 11) is -3.93. The van der Waals surface area contributed by atoms with Gasteiger partial charge in [-0.1, -0.05) is 17.7 Å². The number of halogens is 1. The zero-order valence-electron chi connectivity index (χ0n) is 18.0. The predicted molar refractivity (Wildman–Crippen MR) is 120 cm³/mol. The first-order chi connectivity index (χ1) is 15.3. The van der Waals surface area contributed by atoms with Gasteiger partial charge in [-0.25, -0.2) is 12.8 Å². The van der Waals surface area contributed by atoms with Gasteiger partial charge in [-0.15, -0.1) is 0 Å². The Morgan fingerprint density at radius 2 is 1.97 bits per heavy atom. The number of benzene rings is 2. The number of ether oxygens (including phenoxy) is 1. The highest BCUT2D eigenvalue weighted by molar-refractivity contribution is 7.91. The quantitative estimate of drug-likeness (QED) is 0.533. The maximum atomic E-state index is 14.2. The Balaban J connectivity index is 1.88. The second kappa shape index (κ2) is 8.86. The van der Waals surface area contributed by atoms with Crippen LogP contribution in [0.1, 0.15) is 25.3 Å². The number of aromatic nitrogens is 1. The van der Waals surface area contributed by atoms with Crippen molar-refractivity contribution >= 4 is 32.4 Å². The molecule has 0 amide bonds. The number of sulfone groups is 1. The van der Waals surface area contributed by atoms with Gasteiger partial charge in [0.15, 0.2) is 0 Å². The van der Waals surface area contributed by atoms with E-state index in [1.165, 1.54) is 24.4 Å². The summed E-state index contributed by atoms with van der Waals surface area (Å²) < 4.78 is 46.6. The number of nitrogens with zero attached hydrogens (tertiary/aromatic N) is 2. The molecule has 0 aliphatic carbocycles. The molecular formula is C24H25FN2O4S. The van der Waals surface area contributed by atoms with Crippen LogP contribution >= 0.6 is 0 Å². The molecule has 1 aliphatic heterocycles. The first kappa shape index (κ1) is 22.2. The highest BCUT2D eigenvalue weighted by Gasteiger charge is 2.32. The lowest BCUT2D eigenvalue weighted by Gasteiger charge is -2.35. The van der Waals surface area contributed by atoms with Crippen molar-refractivity contribution in [2.45, 2.75) is 36.5 Å². The van der Waals surface area contributed by atoms with Crippen LogP contribution in [0, 0.1) is 18.7 Å². The first-order valence-electron chi connectivity index (χ1n) is 10.6. The lowest BCUT2D eigenvalue weighted by molar-refractivity contribution is -0.148. The lowest BCUT2D eigenvalue weighted by atomic mass is 9.97.